The van der Waals surface area contributed by atoms with Crippen molar-refractivity contribution in [3.8, 4) is 0 Å². The molecule has 0 saturated carbocycles. The predicted molar refractivity (Wildman–Crippen MR) is 54.6 cm³/mol. The van der Waals surface area contributed by atoms with Crippen LogP contribution < -0.4 is 0 Å². The average Bonchev–Trinajstić information content (AvgIpc) is 2.01. The maximum Gasteiger partial charge on any atom is 0.291 e. The highest BCUT2D eigenvalue weighted by Gasteiger charge is 2.25. The van der Waals surface area contributed by atoms with Gasteiger partial charge in [0, 0.05) is 5.56 Å². The molecule has 0 amide bonds. The second-order valence-electron chi connectivity index (χ2n) is 4.03. The van der Waals surface area contributed by atoms with Crippen molar-refractivity contribution in [1.29, 1.82) is 0 Å². The Bertz CT molecular complexity index is 372. The van der Waals surface area contributed by atoms with Gasteiger partial charge in [0.25, 0.3) is 5.69 Å². The summed E-state index contributed by atoms with van der Waals surface area (Å²) in [7, 11) is 0. The summed E-state index contributed by atoms with van der Waals surface area (Å²) in [6.45, 7) is 5.68. The van der Waals surface area contributed by atoms with Crippen LogP contribution in [0.1, 0.15) is 26.3 Å². The summed E-state index contributed by atoms with van der Waals surface area (Å²) in [6, 6.07) is 1.54. The van der Waals surface area contributed by atoms with Gasteiger partial charge in [-0.05, 0) is 11.5 Å². The van der Waals surface area contributed by atoms with Gasteiger partial charge < -0.3 is 0 Å². The Balaban J connectivity index is 3.38. The minimum atomic E-state index is -0.441. The molecule has 5 heteroatoms. The van der Waals surface area contributed by atoms with E-state index in [0.29, 0.717) is 5.56 Å². The molecule has 1 heterocycles. The molecular formula is C9H11ClN2O2. The summed E-state index contributed by atoms with van der Waals surface area (Å²) in [4.78, 5) is 14.0. The van der Waals surface area contributed by atoms with E-state index in [1.807, 2.05) is 20.8 Å². The largest absolute Gasteiger partial charge is 0.291 e. The zero-order chi connectivity index (χ0) is 10.9. The molecule has 4 nitrogen and oxygen atoms in total. The van der Waals surface area contributed by atoms with Crippen molar-refractivity contribution < 1.29 is 4.92 Å². The van der Waals surface area contributed by atoms with Gasteiger partial charge >= 0.3 is 0 Å². The van der Waals surface area contributed by atoms with E-state index in [2.05, 4.69) is 4.98 Å². The number of aromatic nitrogens is 1. The van der Waals surface area contributed by atoms with Gasteiger partial charge in [-0.2, -0.15) is 0 Å². The zero-order valence-electron chi connectivity index (χ0n) is 8.24. The van der Waals surface area contributed by atoms with E-state index in [1.165, 1.54) is 6.20 Å². The molecule has 1 aromatic heterocycles. The summed E-state index contributed by atoms with van der Waals surface area (Å²) < 4.78 is 0. The number of nitro groups is 1. The monoisotopic (exact) mass is 214 g/mol. The normalized spacial score (nSPS) is 11.4. The van der Waals surface area contributed by atoms with Gasteiger partial charge in [-0.3, -0.25) is 10.1 Å². The fraction of sp³-hybridized carbons (Fsp3) is 0.444. The van der Waals surface area contributed by atoms with Gasteiger partial charge in [0.05, 0.1) is 4.92 Å². The molecule has 0 aliphatic heterocycles. The second-order valence-corrected chi connectivity index (χ2v) is 4.42. The zero-order valence-corrected chi connectivity index (χ0v) is 9.00. The first-order valence-corrected chi connectivity index (χ1v) is 4.50. The lowest BCUT2D eigenvalue weighted by molar-refractivity contribution is -0.386. The first kappa shape index (κ1) is 10.9. The van der Waals surface area contributed by atoms with Crippen LogP contribution >= 0.6 is 11.6 Å². The smallest absolute Gasteiger partial charge is 0.258 e. The highest BCUT2D eigenvalue weighted by molar-refractivity contribution is 6.29. The molecule has 76 valence electrons. The van der Waals surface area contributed by atoms with Crippen LogP contribution in [0.4, 0.5) is 5.69 Å². The molecule has 0 bridgehead atoms. The van der Waals surface area contributed by atoms with Crippen LogP contribution in [-0.4, -0.2) is 9.91 Å². The summed E-state index contributed by atoms with van der Waals surface area (Å²) >= 11 is 5.69. The number of hydrogen-bond acceptors (Lipinski definition) is 3. The van der Waals surface area contributed by atoms with E-state index in [4.69, 9.17) is 11.6 Å². The average molecular weight is 215 g/mol. The van der Waals surface area contributed by atoms with Crippen molar-refractivity contribution >= 4 is 17.3 Å². The van der Waals surface area contributed by atoms with Gasteiger partial charge in [0.1, 0.15) is 11.3 Å². The van der Waals surface area contributed by atoms with E-state index in [9.17, 15) is 10.1 Å². The van der Waals surface area contributed by atoms with Crippen molar-refractivity contribution in [3.05, 3.63) is 33.1 Å². The van der Waals surface area contributed by atoms with E-state index < -0.39 is 4.92 Å². The Morgan fingerprint density at radius 3 is 2.50 bits per heavy atom. The Morgan fingerprint density at radius 1 is 1.50 bits per heavy atom. The molecule has 0 radical (unpaired) electrons. The van der Waals surface area contributed by atoms with Crippen molar-refractivity contribution in [2.45, 2.75) is 26.2 Å². The van der Waals surface area contributed by atoms with Crippen LogP contribution in [-0.2, 0) is 5.41 Å². The molecule has 0 unspecified atom stereocenters. The lowest BCUT2D eigenvalue weighted by Crippen LogP contribution is -2.14. The van der Waals surface area contributed by atoms with Crippen molar-refractivity contribution in [3.63, 3.8) is 0 Å². The summed E-state index contributed by atoms with van der Waals surface area (Å²) in [6.07, 6.45) is 1.20. The van der Waals surface area contributed by atoms with Gasteiger partial charge in [-0.1, -0.05) is 32.4 Å². The number of halogens is 1. The van der Waals surface area contributed by atoms with Gasteiger partial charge in [-0.25, -0.2) is 4.98 Å². The molecule has 0 fully saturated rings. The van der Waals surface area contributed by atoms with Crippen molar-refractivity contribution in [1.82, 2.24) is 4.98 Å². The molecule has 0 spiro atoms. The predicted octanol–water partition coefficient (Wildman–Crippen LogP) is 2.94. The minimum Gasteiger partial charge on any atom is -0.258 e. The third-order valence-corrected chi connectivity index (χ3v) is 2.06. The Morgan fingerprint density at radius 2 is 2.07 bits per heavy atom. The number of pyridine rings is 1. The second kappa shape index (κ2) is 3.53. The van der Waals surface area contributed by atoms with Gasteiger partial charge in [0.15, 0.2) is 0 Å². The van der Waals surface area contributed by atoms with Crippen LogP contribution in [0.15, 0.2) is 12.3 Å². The Hall–Kier alpha value is -1.16. The molecule has 0 aliphatic carbocycles. The van der Waals surface area contributed by atoms with Crippen LogP contribution in [0.25, 0.3) is 0 Å². The fourth-order valence-corrected chi connectivity index (χ4v) is 1.33. The number of hydrogen-bond donors (Lipinski definition) is 0. The molecule has 0 aromatic carbocycles. The van der Waals surface area contributed by atoms with E-state index in [0.717, 1.165) is 0 Å². The highest BCUT2D eigenvalue weighted by atomic mass is 35.5. The maximum absolute atomic E-state index is 10.7. The van der Waals surface area contributed by atoms with Crippen LogP contribution in [0, 0.1) is 10.1 Å². The SMILES string of the molecule is CC(C)(C)c1cc(Cl)ncc1[N+](=O)[O-]. The number of rotatable bonds is 1. The van der Waals surface area contributed by atoms with E-state index in [-0.39, 0.29) is 16.3 Å². The Labute approximate surface area is 87.1 Å². The molecule has 0 atom stereocenters. The minimum absolute atomic E-state index is 0.0156. The van der Waals surface area contributed by atoms with Crippen molar-refractivity contribution in [2.24, 2.45) is 0 Å². The van der Waals surface area contributed by atoms with Crippen LogP contribution in [0.2, 0.25) is 5.15 Å². The van der Waals surface area contributed by atoms with Crippen LogP contribution in [0.3, 0.4) is 0 Å². The highest BCUT2D eigenvalue weighted by Crippen LogP contribution is 2.31. The third kappa shape index (κ3) is 2.20. The van der Waals surface area contributed by atoms with E-state index >= 15 is 0 Å². The molecule has 0 N–H and O–H groups in total. The van der Waals surface area contributed by atoms with E-state index in [1.54, 1.807) is 6.07 Å². The molecule has 0 saturated heterocycles. The topological polar surface area (TPSA) is 56.0 Å². The number of nitrogens with zero attached hydrogens (tertiary/aromatic N) is 2. The molecule has 14 heavy (non-hydrogen) atoms. The molecule has 0 aliphatic rings. The third-order valence-electron chi connectivity index (χ3n) is 1.85. The van der Waals surface area contributed by atoms with Gasteiger partial charge in [0.2, 0.25) is 0 Å². The lowest BCUT2D eigenvalue weighted by Gasteiger charge is -2.18. The standard InChI is InChI=1S/C9H11ClN2O2/c1-9(2,3)6-4-8(10)11-5-7(6)12(13)14/h4-5H,1-3H3. The first-order chi connectivity index (χ1) is 6.32. The Kier molecular flexibility index (Phi) is 2.76. The summed E-state index contributed by atoms with van der Waals surface area (Å²) in [5.74, 6) is 0. The van der Waals surface area contributed by atoms with Crippen molar-refractivity contribution in [2.75, 3.05) is 0 Å². The molecule has 1 aromatic rings. The van der Waals surface area contributed by atoms with Gasteiger partial charge in [-0.15, -0.1) is 0 Å². The molecular weight excluding hydrogens is 204 g/mol. The maximum atomic E-state index is 10.7. The molecule has 1 rings (SSSR count). The lowest BCUT2D eigenvalue weighted by atomic mass is 9.87. The quantitative estimate of drug-likeness (QED) is 0.410. The first-order valence-electron chi connectivity index (χ1n) is 4.13. The van der Waals surface area contributed by atoms with Crippen LogP contribution in [0.5, 0.6) is 0 Å². The summed E-state index contributed by atoms with van der Waals surface area (Å²) in [5, 5.41) is 11.0. The fourth-order valence-electron chi connectivity index (χ4n) is 1.17. The summed E-state index contributed by atoms with van der Waals surface area (Å²) in [5.41, 5.74) is 0.305.